The summed E-state index contributed by atoms with van der Waals surface area (Å²) >= 11 is 0. The predicted molar refractivity (Wildman–Crippen MR) is 50.0 cm³/mol. The second-order valence-electron chi connectivity index (χ2n) is 2.57. The molecule has 0 radical (unpaired) electrons. The van der Waals surface area contributed by atoms with E-state index in [9.17, 15) is 10.1 Å². The lowest BCUT2D eigenvalue weighted by Crippen LogP contribution is -1.95. The first-order chi connectivity index (χ1) is 6.69. The number of nitrogens with zero attached hydrogens (tertiary/aromatic N) is 2. The molecule has 0 aliphatic carbocycles. The molecule has 0 amide bonds. The van der Waals surface area contributed by atoms with Gasteiger partial charge in [-0.15, -0.1) is 0 Å². The fourth-order valence-corrected chi connectivity index (χ4v) is 1.08. The Bertz CT molecular complexity index is 396. The molecule has 0 N–H and O–H groups in total. The van der Waals surface area contributed by atoms with Crippen LogP contribution in [0.15, 0.2) is 18.2 Å². The van der Waals surface area contributed by atoms with Gasteiger partial charge in [-0.1, -0.05) is 0 Å². The minimum absolute atomic E-state index is 0.00644. The third-order valence-electron chi connectivity index (χ3n) is 1.73. The fraction of sp³-hybridized carbons (Fsp3) is 0.222. The lowest BCUT2D eigenvalue weighted by atomic mass is 10.1. The largest absolute Gasteiger partial charge is 0.497 e. The second kappa shape index (κ2) is 4.23. The van der Waals surface area contributed by atoms with Crippen molar-refractivity contribution in [2.24, 2.45) is 0 Å². The lowest BCUT2D eigenvalue weighted by Gasteiger charge is -2.00. The van der Waals surface area contributed by atoms with Crippen LogP contribution in [0, 0.1) is 16.7 Å². The molecule has 0 unspecified atom stereocenters. The molecule has 0 aliphatic rings. The third kappa shape index (κ3) is 1.98. The molecule has 1 aromatic rings. The van der Waals surface area contributed by atoms with Crippen molar-refractivity contribution in [1.29, 1.82) is 0 Å². The van der Waals surface area contributed by atoms with Gasteiger partial charge in [0.15, 0.2) is 0 Å². The molecule has 0 bridgehead atoms. The molecule has 0 saturated heterocycles. The summed E-state index contributed by atoms with van der Waals surface area (Å²) in [5.41, 5.74) is 0.339. The number of hydrogen-bond acceptors (Lipinski definition) is 3. The average Bonchev–Trinajstić information content (AvgIpc) is 2.17. The van der Waals surface area contributed by atoms with Gasteiger partial charge in [0.05, 0.1) is 12.0 Å². The molecular weight excluding hydrogens is 184 g/mol. The van der Waals surface area contributed by atoms with Gasteiger partial charge in [0.25, 0.3) is 5.69 Å². The SMILES string of the molecule is [C-]#[N+]Cc1cc(OC)ccc1[N+](=O)[O-]. The Labute approximate surface area is 80.9 Å². The van der Waals surface area contributed by atoms with Crippen molar-refractivity contribution in [2.45, 2.75) is 6.54 Å². The van der Waals surface area contributed by atoms with Crippen molar-refractivity contribution < 1.29 is 9.66 Å². The molecule has 0 heterocycles. The van der Waals surface area contributed by atoms with Gasteiger partial charge in [0.1, 0.15) is 11.3 Å². The van der Waals surface area contributed by atoms with Crippen LogP contribution >= 0.6 is 0 Å². The topological polar surface area (TPSA) is 56.7 Å². The molecule has 0 aromatic heterocycles. The zero-order valence-electron chi connectivity index (χ0n) is 7.56. The van der Waals surface area contributed by atoms with E-state index in [-0.39, 0.29) is 12.2 Å². The Kier molecular flexibility index (Phi) is 3.02. The normalized spacial score (nSPS) is 9.14. The van der Waals surface area contributed by atoms with E-state index in [1.807, 2.05) is 0 Å². The summed E-state index contributed by atoms with van der Waals surface area (Å²) < 4.78 is 4.91. The highest BCUT2D eigenvalue weighted by Crippen LogP contribution is 2.24. The molecule has 1 rings (SSSR count). The van der Waals surface area contributed by atoms with E-state index in [0.717, 1.165) is 0 Å². The molecular formula is C9H8N2O3. The summed E-state index contributed by atoms with van der Waals surface area (Å²) in [7, 11) is 1.47. The highest BCUT2D eigenvalue weighted by atomic mass is 16.6. The van der Waals surface area contributed by atoms with Gasteiger partial charge in [-0.05, 0) is 12.1 Å². The van der Waals surface area contributed by atoms with Crippen LogP contribution in [0.25, 0.3) is 4.85 Å². The summed E-state index contributed by atoms with van der Waals surface area (Å²) in [5, 5.41) is 10.6. The van der Waals surface area contributed by atoms with Crippen molar-refractivity contribution in [3.05, 3.63) is 45.3 Å². The van der Waals surface area contributed by atoms with E-state index in [2.05, 4.69) is 4.85 Å². The number of methoxy groups -OCH3 is 1. The molecule has 0 aliphatic heterocycles. The second-order valence-corrected chi connectivity index (χ2v) is 2.57. The minimum Gasteiger partial charge on any atom is -0.497 e. The molecule has 5 heteroatoms. The molecule has 0 spiro atoms. The van der Waals surface area contributed by atoms with Gasteiger partial charge in [0, 0.05) is 6.07 Å². The molecule has 1 aromatic carbocycles. The number of hydrogen-bond donors (Lipinski definition) is 0. The molecule has 0 atom stereocenters. The molecule has 14 heavy (non-hydrogen) atoms. The monoisotopic (exact) mass is 192 g/mol. The maximum atomic E-state index is 10.6. The van der Waals surface area contributed by atoms with Crippen LogP contribution in [0.1, 0.15) is 5.56 Å². The quantitative estimate of drug-likeness (QED) is 0.418. The highest BCUT2D eigenvalue weighted by Gasteiger charge is 2.15. The van der Waals surface area contributed by atoms with Crippen molar-refractivity contribution in [1.82, 2.24) is 0 Å². The van der Waals surface area contributed by atoms with Crippen LogP contribution in [0.4, 0.5) is 5.69 Å². The third-order valence-corrected chi connectivity index (χ3v) is 1.73. The van der Waals surface area contributed by atoms with Gasteiger partial charge >= 0.3 is 0 Å². The van der Waals surface area contributed by atoms with Crippen LogP contribution in [0.3, 0.4) is 0 Å². The van der Waals surface area contributed by atoms with E-state index >= 15 is 0 Å². The number of benzene rings is 1. The van der Waals surface area contributed by atoms with Crippen LogP contribution in [0.2, 0.25) is 0 Å². The zero-order valence-corrected chi connectivity index (χ0v) is 7.56. The average molecular weight is 192 g/mol. The Hall–Kier alpha value is -2.09. The van der Waals surface area contributed by atoms with E-state index in [1.54, 1.807) is 0 Å². The first-order valence-corrected chi connectivity index (χ1v) is 3.83. The standard InChI is InChI=1S/C9H8N2O3/c1-10-6-7-5-8(14-2)3-4-9(7)11(12)13/h3-5H,6H2,2H3. The molecule has 72 valence electrons. The van der Waals surface area contributed by atoms with Crippen molar-refractivity contribution in [2.75, 3.05) is 7.11 Å². The van der Waals surface area contributed by atoms with Crippen LogP contribution in [-0.2, 0) is 6.54 Å². The molecule has 0 fully saturated rings. The lowest BCUT2D eigenvalue weighted by molar-refractivity contribution is -0.385. The summed E-state index contributed by atoms with van der Waals surface area (Å²) in [5.74, 6) is 0.522. The number of ether oxygens (including phenoxy) is 1. The van der Waals surface area contributed by atoms with E-state index < -0.39 is 4.92 Å². The summed E-state index contributed by atoms with van der Waals surface area (Å²) in [6.07, 6.45) is 0. The van der Waals surface area contributed by atoms with Gasteiger partial charge < -0.3 is 9.58 Å². The highest BCUT2D eigenvalue weighted by molar-refractivity contribution is 5.45. The number of nitro groups is 1. The smallest absolute Gasteiger partial charge is 0.280 e. The van der Waals surface area contributed by atoms with Crippen molar-refractivity contribution >= 4 is 5.69 Å². The van der Waals surface area contributed by atoms with E-state index in [4.69, 9.17) is 11.3 Å². The minimum atomic E-state index is -0.500. The Morgan fingerprint density at radius 1 is 1.64 bits per heavy atom. The molecule has 0 saturated carbocycles. The number of nitro benzene ring substituents is 1. The fourth-order valence-electron chi connectivity index (χ4n) is 1.08. The summed E-state index contributed by atoms with van der Waals surface area (Å²) in [6, 6.07) is 4.36. The summed E-state index contributed by atoms with van der Waals surface area (Å²) in [6.45, 7) is 6.66. The maximum Gasteiger partial charge on any atom is 0.280 e. The maximum absolute atomic E-state index is 10.6. The Morgan fingerprint density at radius 3 is 2.86 bits per heavy atom. The van der Waals surface area contributed by atoms with Gasteiger partial charge in [0.2, 0.25) is 6.54 Å². The predicted octanol–water partition coefficient (Wildman–Crippen LogP) is 2.02. The van der Waals surface area contributed by atoms with Crippen molar-refractivity contribution in [3.8, 4) is 5.75 Å². The van der Waals surface area contributed by atoms with Crippen LogP contribution < -0.4 is 4.74 Å². The van der Waals surface area contributed by atoms with Gasteiger partial charge in [-0.2, -0.15) is 0 Å². The Morgan fingerprint density at radius 2 is 2.36 bits per heavy atom. The zero-order chi connectivity index (χ0) is 10.6. The molecule has 5 nitrogen and oxygen atoms in total. The number of rotatable bonds is 3. The van der Waals surface area contributed by atoms with E-state index in [0.29, 0.717) is 11.3 Å². The van der Waals surface area contributed by atoms with Crippen LogP contribution in [-0.4, -0.2) is 12.0 Å². The first-order valence-electron chi connectivity index (χ1n) is 3.83. The van der Waals surface area contributed by atoms with Gasteiger partial charge in [-0.25, -0.2) is 6.57 Å². The first kappa shape index (κ1) is 9.99. The summed E-state index contributed by atoms with van der Waals surface area (Å²) in [4.78, 5) is 13.2. The van der Waals surface area contributed by atoms with Gasteiger partial charge in [-0.3, -0.25) is 10.1 Å². The van der Waals surface area contributed by atoms with Crippen molar-refractivity contribution in [3.63, 3.8) is 0 Å². The van der Waals surface area contributed by atoms with E-state index in [1.165, 1.54) is 25.3 Å². The van der Waals surface area contributed by atoms with Crippen LogP contribution in [0.5, 0.6) is 5.75 Å². The Balaban J connectivity index is 3.18.